The van der Waals surface area contributed by atoms with Crippen molar-refractivity contribution in [2.45, 2.75) is 13.5 Å². The lowest BCUT2D eigenvalue weighted by Crippen LogP contribution is -2.32. The maximum atomic E-state index is 12.9. The molecule has 3 nitrogen and oxygen atoms in total. The Kier molecular flexibility index (Phi) is 3.45. The first-order valence-corrected chi connectivity index (χ1v) is 4.34. The molecule has 0 saturated carbocycles. The van der Waals surface area contributed by atoms with Gasteiger partial charge in [0.15, 0.2) is 0 Å². The molecule has 0 spiro atoms. The summed E-state index contributed by atoms with van der Waals surface area (Å²) >= 11 is 0. The molecule has 0 aliphatic rings. The third-order valence-electron chi connectivity index (χ3n) is 1.90. The van der Waals surface area contributed by atoms with E-state index in [9.17, 15) is 9.18 Å². The number of aryl methyl sites for hydroxylation is 1. The summed E-state index contributed by atoms with van der Waals surface area (Å²) in [6, 6.07) is 4.52. The number of nitrogens with one attached hydrogen (secondary N) is 2. The van der Waals surface area contributed by atoms with E-state index < -0.39 is 0 Å². The number of urea groups is 1. The monoisotopic (exact) mass is 196 g/mol. The molecule has 1 aromatic rings. The summed E-state index contributed by atoms with van der Waals surface area (Å²) in [5.74, 6) is -0.228. The fourth-order valence-electron chi connectivity index (χ4n) is 1.09. The van der Waals surface area contributed by atoms with Crippen LogP contribution in [0.1, 0.15) is 11.1 Å². The molecule has 14 heavy (non-hydrogen) atoms. The van der Waals surface area contributed by atoms with Gasteiger partial charge in [0.2, 0.25) is 0 Å². The van der Waals surface area contributed by atoms with Crippen LogP contribution in [0.5, 0.6) is 0 Å². The molecule has 0 heterocycles. The number of benzene rings is 1. The van der Waals surface area contributed by atoms with E-state index in [1.807, 2.05) is 0 Å². The number of rotatable bonds is 2. The van der Waals surface area contributed by atoms with Gasteiger partial charge >= 0.3 is 6.03 Å². The van der Waals surface area contributed by atoms with Gasteiger partial charge in [-0.2, -0.15) is 0 Å². The first-order valence-electron chi connectivity index (χ1n) is 4.34. The molecule has 76 valence electrons. The molecule has 0 atom stereocenters. The van der Waals surface area contributed by atoms with Gasteiger partial charge in [-0.15, -0.1) is 0 Å². The van der Waals surface area contributed by atoms with Crippen molar-refractivity contribution in [1.29, 1.82) is 0 Å². The summed E-state index contributed by atoms with van der Waals surface area (Å²) in [7, 11) is 1.55. The molecule has 2 amide bonds. The van der Waals surface area contributed by atoms with Crippen LogP contribution in [-0.2, 0) is 6.54 Å². The van der Waals surface area contributed by atoms with Crippen molar-refractivity contribution in [2.75, 3.05) is 7.05 Å². The van der Waals surface area contributed by atoms with Crippen LogP contribution in [0.2, 0.25) is 0 Å². The highest BCUT2D eigenvalue weighted by atomic mass is 19.1. The molecule has 0 fully saturated rings. The summed E-state index contributed by atoms with van der Waals surface area (Å²) in [6.07, 6.45) is 0. The molecule has 0 aliphatic heterocycles. The maximum Gasteiger partial charge on any atom is 0.314 e. The van der Waals surface area contributed by atoms with Crippen LogP contribution >= 0.6 is 0 Å². The SMILES string of the molecule is CNC(=O)NCc1ccc(F)c(C)c1. The highest BCUT2D eigenvalue weighted by Gasteiger charge is 2.00. The molecule has 0 aromatic heterocycles. The van der Waals surface area contributed by atoms with Gasteiger partial charge in [-0.25, -0.2) is 9.18 Å². The molecule has 0 aliphatic carbocycles. The predicted octanol–water partition coefficient (Wildman–Crippen LogP) is 1.56. The summed E-state index contributed by atoms with van der Waals surface area (Å²) < 4.78 is 12.9. The lowest BCUT2D eigenvalue weighted by Gasteiger charge is -2.05. The van der Waals surface area contributed by atoms with Gasteiger partial charge in [-0.05, 0) is 24.1 Å². The number of carbonyl (C=O) groups is 1. The Morgan fingerprint density at radius 2 is 2.21 bits per heavy atom. The van der Waals surface area contributed by atoms with Crippen molar-refractivity contribution in [3.8, 4) is 0 Å². The predicted molar refractivity (Wildman–Crippen MR) is 52.4 cm³/mol. The minimum atomic E-state index is -0.244. The van der Waals surface area contributed by atoms with Gasteiger partial charge in [-0.1, -0.05) is 12.1 Å². The van der Waals surface area contributed by atoms with Crippen molar-refractivity contribution >= 4 is 6.03 Å². The average Bonchev–Trinajstić information content (AvgIpc) is 2.19. The van der Waals surface area contributed by atoms with Crippen LogP contribution in [0.4, 0.5) is 9.18 Å². The van der Waals surface area contributed by atoms with Crippen LogP contribution in [0.15, 0.2) is 18.2 Å². The largest absolute Gasteiger partial charge is 0.341 e. The van der Waals surface area contributed by atoms with E-state index >= 15 is 0 Å². The van der Waals surface area contributed by atoms with E-state index in [2.05, 4.69) is 10.6 Å². The molecule has 0 bridgehead atoms. The van der Waals surface area contributed by atoms with Gasteiger partial charge in [0.25, 0.3) is 0 Å². The summed E-state index contributed by atoms with van der Waals surface area (Å²) in [6.45, 7) is 2.10. The quantitative estimate of drug-likeness (QED) is 0.740. The van der Waals surface area contributed by atoms with Crippen molar-refractivity contribution in [1.82, 2.24) is 10.6 Å². The van der Waals surface area contributed by atoms with E-state index in [-0.39, 0.29) is 11.8 Å². The minimum Gasteiger partial charge on any atom is -0.341 e. The number of carbonyl (C=O) groups excluding carboxylic acids is 1. The average molecular weight is 196 g/mol. The first kappa shape index (κ1) is 10.5. The molecular formula is C10H13FN2O. The van der Waals surface area contributed by atoms with E-state index in [0.29, 0.717) is 12.1 Å². The lowest BCUT2D eigenvalue weighted by atomic mass is 10.1. The number of halogens is 1. The molecule has 4 heteroatoms. The van der Waals surface area contributed by atoms with Crippen molar-refractivity contribution < 1.29 is 9.18 Å². The van der Waals surface area contributed by atoms with Gasteiger partial charge in [-0.3, -0.25) is 0 Å². The Balaban J connectivity index is 2.60. The second-order valence-corrected chi connectivity index (χ2v) is 3.02. The number of hydrogen-bond acceptors (Lipinski definition) is 1. The van der Waals surface area contributed by atoms with Crippen molar-refractivity contribution in [2.24, 2.45) is 0 Å². The standard InChI is InChI=1S/C10H13FN2O/c1-7-5-8(3-4-9(7)11)6-13-10(14)12-2/h3-5H,6H2,1-2H3,(H2,12,13,14). The second-order valence-electron chi connectivity index (χ2n) is 3.02. The normalized spacial score (nSPS) is 9.64. The zero-order valence-electron chi connectivity index (χ0n) is 8.23. The Morgan fingerprint density at radius 1 is 1.50 bits per heavy atom. The number of amides is 2. The second kappa shape index (κ2) is 4.60. The van der Waals surface area contributed by atoms with E-state index in [1.165, 1.54) is 6.07 Å². The fraction of sp³-hybridized carbons (Fsp3) is 0.300. The summed E-state index contributed by atoms with van der Waals surface area (Å²) in [4.78, 5) is 10.8. The zero-order valence-corrected chi connectivity index (χ0v) is 8.23. The van der Waals surface area contributed by atoms with E-state index in [0.717, 1.165) is 5.56 Å². The lowest BCUT2D eigenvalue weighted by molar-refractivity contribution is 0.242. The third-order valence-corrected chi connectivity index (χ3v) is 1.90. The third kappa shape index (κ3) is 2.73. The van der Waals surface area contributed by atoms with Crippen LogP contribution in [0, 0.1) is 12.7 Å². The van der Waals surface area contributed by atoms with Crippen molar-refractivity contribution in [3.05, 3.63) is 35.1 Å². The highest BCUT2D eigenvalue weighted by molar-refractivity contribution is 5.73. The van der Waals surface area contributed by atoms with Crippen LogP contribution in [0.3, 0.4) is 0 Å². The van der Waals surface area contributed by atoms with Crippen molar-refractivity contribution in [3.63, 3.8) is 0 Å². The Hall–Kier alpha value is -1.58. The van der Waals surface area contributed by atoms with Crippen LogP contribution in [-0.4, -0.2) is 13.1 Å². The molecule has 1 rings (SSSR count). The molecule has 2 N–H and O–H groups in total. The smallest absolute Gasteiger partial charge is 0.314 e. The van der Waals surface area contributed by atoms with Crippen LogP contribution < -0.4 is 10.6 Å². The molecular weight excluding hydrogens is 183 g/mol. The first-order chi connectivity index (χ1) is 6.63. The number of hydrogen-bond donors (Lipinski definition) is 2. The van der Waals surface area contributed by atoms with E-state index in [4.69, 9.17) is 0 Å². The Labute approximate surface area is 82.3 Å². The fourth-order valence-corrected chi connectivity index (χ4v) is 1.09. The Morgan fingerprint density at radius 3 is 2.79 bits per heavy atom. The highest BCUT2D eigenvalue weighted by Crippen LogP contribution is 2.08. The van der Waals surface area contributed by atoms with Gasteiger partial charge in [0, 0.05) is 13.6 Å². The van der Waals surface area contributed by atoms with Gasteiger partial charge < -0.3 is 10.6 Å². The molecule has 0 radical (unpaired) electrons. The summed E-state index contributed by atoms with van der Waals surface area (Å²) in [5.41, 5.74) is 1.47. The zero-order chi connectivity index (χ0) is 10.6. The Bertz CT molecular complexity index is 339. The summed E-state index contributed by atoms with van der Waals surface area (Å²) in [5, 5.41) is 5.06. The molecule has 1 aromatic carbocycles. The molecule has 0 saturated heterocycles. The van der Waals surface area contributed by atoms with Crippen LogP contribution in [0.25, 0.3) is 0 Å². The van der Waals surface area contributed by atoms with E-state index in [1.54, 1.807) is 26.1 Å². The molecule has 0 unspecified atom stereocenters. The topological polar surface area (TPSA) is 41.1 Å². The van der Waals surface area contributed by atoms with Gasteiger partial charge in [0.05, 0.1) is 0 Å². The van der Waals surface area contributed by atoms with Gasteiger partial charge in [0.1, 0.15) is 5.82 Å². The maximum absolute atomic E-state index is 12.9. The minimum absolute atomic E-state index is 0.228.